The van der Waals surface area contributed by atoms with E-state index in [4.69, 9.17) is 0 Å². The first-order valence-electron chi connectivity index (χ1n) is 8.06. The van der Waals surface area contributed by atoms with Gasteiger partial charge in [-0.15, -0.1) is 10.2 Å². The van der Waals surface area contributed by atoms with E-state index in [0.29, 0.717) is 18.7 Å². The van der Waals surface area contributed by atoms with E-state index in [2.05, 4.69) is 38.7 Å². The van der Waals surface area contributed by atoms with Crippen LogP contribution in [0.3, 0.4) is 0 Å². The maximum atomic E-state index is 12.8. The van der Waals surface area contributed by atoms with Gasteiger partial charge in [0.2, 0.25) is 0 Å². The molecule has 0 bridgehead atoms. The molecule has 8 heteroatoms. The second-order valence-electron chi connectivity index (χ2n) is 6.36. The van der Waals surface area contributed by atoms with Crippen molar-refractivity contribution in [3.05, 3.63) is 35.7 Å². The zero-order valence-electron chi connectivity index (χ0n) is 14.0. The molecule has 1 aliphatic heterocycles. The Balaban J connectivity index is 1.62. The Morgan fingerprint density at radius 2 is 2.04 bits per heavy atom. The second-order valence-corrected chi connectivity index (χ2v) is 6.36. The smallest absolute Gasteiger partial charge is 0.255 e. The fraction of sp³-hybridized carbons (Fsp3) is 0.438. The summed E-state index contributed by atoms with van der Waals surface area (Å²) in [6.45, 7) is 7.88. The number of hydrogen-bond acceptors (Lipinski definition) is 5. The molecule has 0 N–H and O–H groups in total. The number of hydrogen-bond donors (Lipinski definition) is 0. The Morgan fingerprint density at radius 3 is 2.83 bits per heavy atom. The molecule has 124 valence electrons. The van der Waals surface area contributed by atoms with E-state index in [0.717, 1.165) is 29.2 Å². The third kappa shape index (κ3) is 2.26. The molecule has 0 fully saturated rings. The van der Waals surface area contributed by atoms with Crippen LogP contribution in [0.4, 0.5) is 0 Å². The summed E-state index contributed by atoms with van der Waals surface area (Å²) < 4.78 is 3.91. The molecule has 3 aromatic rings. The molecule has 0 unspecified atom stereocenters. The molecule has 0 radical (unpaired) electrons. The monoisotopic (exact) mass is 325 g/mol. The summed E-state index contributed by atoms with van der Waals surface area (Å²) in [6.07, 6.45) is 3.39. The van der Waals surface area contributed by atoms with Crippen molar-refractivity contribution >= 4 is 16.9 Å². The number of carbonyl (C=O) groups is 1. The fourth-order valence-electron chi connectivity index (χ4n) is 3.09. The quantitative estimate of drug-likeness (QED) is 0.714. The van der Waals surface area contributed by atoms with Gasteiger partial charge in [-0.3, -0.25) is 4.79 Å². The number of nitrogens with zero attached hydrogens (tertiary/aromatic N) is 7. The van der Waals surface area contributed by atoms with Crippen molar-refractivity contribution in [1.29, 1.82) is 0 Å². The third-order valence-electron chi connectivity index (χ3n) is 4.39. The minimum atomic E-state index is -0.0337. The second kappa shape index (κ2) is 5.40. The molecule has 0 atom stereocenters. The summed E-state index contributed by atoms with van der Waals surface area (Å²) in [5, 5.41) is 13.5. The van der Waals surface area contributed by atoms with Gasteiger partial charge in [-0.2, -0.15) is 5.10 Å². The molecule has 0 saturated carbocycles. The van der Waals surface area contributed by atoms with E-state index in [-0.39, 0.29) is 11.9 Å². The van der Waals surface area contributed by atoms with Crippen LogP contribution < -0.4 is 0 Å². The highest BCUT2D eigenvalue weighted by Gasteiger charge is 2.24. The molecular formula is C16H19N7O. The van der Waals surface area contributed by atoms with Crippen molar-refractivity contribution in [1.82, 2.24) is 34.4 Å². The molecule has 0 aromatic carbocycles. The molecule has 4 rings (SSSR count). The molecule has 1 amide bonds. The van der Waals surface area contributed by atoms with Crippen LogP contribution in [-0.4, -0.2) is 46.9 Å². The molecular weight excluding hydrogens is 306 g/mol. The van der Waals surface area contributed by atoms with Gasteiger partial charge in [-0.25, -0.2) is 9.67 Å². The number of aromatic nitrogens is 6. The third-order valence-corrected chi connectivity index (χ3v) is 4.39. The largest absolute Gasteiger partial charge is 0.329 e. The zero-order chi connectivity index (χ0) is 16.8. The van der Waals surface area contributed by atoms with Crippen LogP contribution in [0.25, 0.3) is 11.0 Å². The van der Waals surface area contributed by atoms with Gasteiger partial charge in [-0.1, -0.05) is 0 Å². The van der Waals surface area contributed by atoms with E-state index < -0.39 is 0 Å². The normalized spacial score (nSPS) is 14.4. The lowest BCUT2D eigenvalue weighted by atomic mass is 10.2. The number of amides is 1. The van der Waals surface area contributed by atoms with Crippen molar-refractivity contribution in [2.75, 3.05) is 6.54 Å². The highest BCUT2D eigenvalue weighted by molar-refractivity contribution is 5.96. The van der Waals surface area contributed by atoms with E-state index in [1.807, 2.05) is 17.7 Å². The van der Waals surface area contributed by atoms with Gasteiger partial charge in [0.15, 0.2) is 11.5 Å². The van der Waals surface area contributed by atoms with Crippen molar-refractivity contribution in [3.8, 4) is 0 Å². The number of aryl methyl sites for hydroxylation is 1. The molecule has 0 spiro atoms. The Hall–Kier alpha value is -2.77. The van der Waals surface area contributed by atoms with Crippen LogP contribution in [0.2, 0.25) is 0 Å². The molecule has 0 aliphatic carbocycles. The number of fused-ring (bicyclic) bond motifs is 2. The highest BCUT2D eigenvalue weighted by atomic mass is 16.2. The lowest BCUT2D eigenvalue weighted by Crippen LogP contribution is -2.38. The predicted octanol–water partition coefficient (Wildman–Crippen LogP) is 1.57. The fourth-order valence-corrected chi connectivity index (χ4v) is 3.09. The zero-order valence-corrected chi connectivity index (χ0v) is 14.0. The Bertz CT molecular complexity index is 924. The standard InChI is InChI=1S/C16H19N7O/c1-10(2)23-15-12(8-18-23)6-13(7-17-15)16(24)21-4-5-22-11(3)19-20-14(22)9-21/h6-8,10H,4-5,9H2,1-3H3. The van der Waals surface area contributed by atoms with Gasteiger partial charge in [0.05, 0.1) is 18.3 Å². The van der Waals surface area contributed by atoms with Gasteiger partial charge in [0.25, 0.3) is 5.91 Å². The SMILES string of the molecule is Cc1nnc2n1CCN(C(=O)c1cnc3c(cnn3C(C)C)c1)C2. The van der Waals surface area contributed by atoms with E-state index in [9.17, 15) is 4.79 Å². The van der Waals surface area contributed by atoms with Gasteiger partial charge in [-0.05, 0) is 26.8 Å². The van der Waals surface area contributed by atoms with Crippen LogP contribution in [0.15, 0.2) is 18.5 Å². The first kappa shape index (κ1) is 14.8. The molecule has 4 heterocycles. The molecule has 8 nitrogen and oxygen atoms in total. The minimum Gasteiger partial charge on any atom is -0.329 e. The summed E-state index contributed by atoms with van der Waals surface area (Å²) in [5.74, 6) is 1.68. The van der Waals surface area contributed by atoms with E-state index >= 15 is 0 Å². The van der Waals surface area contributed by atoms with Gasteiger partial charge >= 0.3 is 0 Å². The maximum Gasteiger partial charge on any atom is 0.255 e. The summed E-state index contributed by atoms with van der Waals surface area (Å²) in [4.78, 5) is 19.0. The average Bonchev–Trinajstić information content (AvgIpc) is 3.17. The van der Waals surface area contributed by atoms with Crippen molar-refractivity contribution < 1.29 is 4.79 Å². The van der Waals surface area contributed by atoms with Gasteiger partial charge in [0, 0.05) is 30.7 Å². The Morgan fingerprint density at radius 1 is 1.21 bits per heavy atom. The predicted molar refractivity (Wildman–Crippen MR) is 87.4 cm³/mol. The number of rotatable bonds is 2. The lowest BCUT2D eigenvalue weighted by Gasteiger charge is -2.27. The van der Waals surface area contributed by atoms with Crippen molar-refractivity contribution in [2.45, 2.75) is 39.9 Å². The molecule has 24 heavy (non-hydrogen) atoms. The molecule has 0 saturated heterocycles. The first-order valence-corrected chi connectivity index (χ1v) is 8.06. The Labute approximate surface area is 139 Å². The van der Waals surface area contributed by atoms with Crippen LogP contribution in [-0.2, 0) is 13.1 Å². The van der Waals surface area contributed by atoms with Crippen LogP contribution in [0.1, 0.15) is 41.9 Å². The van der Waals surface area contributed by atoms with E-state index in [1.165, 1.54) is 0 Å². The van der Waals surface area contributed by atoms with Crippen LogP contribution in [0, 0.1) is 6.92 Å². The summed E-state index contributed by atoms with van der Waals surface area (Å²) in [7, 11) is 0. The van der Waals surface area contributed by atoms with Crippen molar-refractivity contribution in [3.63, 3.8) is 0 Å². The van der Waals surface area contributed by atoms with Gasteiger partial charge < -0.3 is 9.47 Å². The van der Waals surface area contributed by atoms with Gasteiger partial charge in [0.1, 0.15) is 5.82 Å². The highest BCUT2D eigenvalue weighted by Crippen LogP contribution is 2.19. The van der Waals surface area contributed by atoms with Crippen LogP contribution in [0.5, 0.6) is 0 Å². The summed E-state index contributed by atoms with van der Waals surface area (Å²) >= 11 is 0. The summed E-state index contributed by atoms with van der Waals surface area (Å²) in [5.41, 5.74) is 1.38. The Kier molecular flexibility index (Phi) is 3.33. The van der Waals surface area contributed by atoms with Crippen LogP contribution >= 0.6 is 0 Å². The minimum absolute atomic E-state index is 0.0337. The topological polar surface area (TPSA) is 81.7 Å². The van der Waals surface area contributed by atoms with Crippen molar-refractivity contribution in [2.24, 2.45) is 0 Å². The molecule has 1 aliphatic rings. The number of carbonyl (C=O) groups excluding carboxylic acids is 1. The maximum absolute atomic E-state index is 12.8. The first-order chi connectivity index (χ1) is 11.5. The molecule has 3 aromatic heterocycles. The van der Waals surface area contributed by atoms with E-state index in [1.54, 1.807) is 17.3 Å². The lowest BCUT2D eigenvalue weighted by molar-refractivity contribution is 0.0706. The average molecular weight is 325 g/mol. The summed E-state index contributed by atoms with van der Waals surface area (Å²) in [6, 6.07) is 2.09. The number of pyridine rings is 1.